The first-order chi connectivity index (χ1) is 17.5. The van der Waals surface area contributed by atoms with Crippen molar-refractivity contribution >= 4 is 23.0 Å². The van der Waals surface area contributed by atoms with Gasteiger partial charge in [-0.25, -0.2) is 4.98 Å². The van der Waals surface area contributed by atoms with Crippen LogP contribution in [0.2, 0.25) is 0 Å². The molecule has 0 spiro atoms. The Hall–Kier alpha value is -4.77. The maximum Gasteiger partial charge on any atom is 0.262 e. The number of para-hydroxylation sites is 1. The lowest BCUT2D eigenvalue weighted by atomic mass is 10.0. The SMILES string of the molecule is COc1ccc([C@@H](C)NC(=O)/C(C#N)=C/c2c[nH]c3ncc(-c4ccccc4OC)cc23)cc1OC. The molecule has 2 aromatic carbocycles. The Morgan fingerprint density at radius 1 is 1.06 bits per heavy atom. The number of hydrogen-bond acceptors (Lipinski definition) is 6. The maximum atomic E-state index is 13.0. The summed E-state index contributed by atoms with van der Waals surface area (Å²) in [4.78, 5) is 20.6. The van der Waals surface area contributed by atoms with E-state index in [0.717, 1.165) is 27.8 Å². The van der Waals surface area contributed by atoms with E-state index in [9.17, 15) is 10.1 Å². The number of benzene rings is 2. The molecule has 1 atom stereocenters. The van der Waals surface area contributed by atoms with Gasteiger partial charge in [0.2, 0.25) is 0 Å². The van der Waals surface area contributed by atoms with Gasteiger partial charge < -0.3 is 24.5 Å². The number of carbonyl (C=O) groups is 1. The molecular weight excluding hydrogens is 456 g/mol. The van der Waals surface area contributed by atoms with Crippen LogP contribution in [0, 0.1) is 11.3 Å². The lowest BCUT2D eigenvalue weighted by molar-refractivity contribution is -0.117. The normalized spacial score (nSPS) is 12.0. The van der Waals surface area contributed by atoms with Crippen molar-refractivity contribution in [3.05, 3.63) is 77.6 Å². The van der Waals surface area contributed by atoms with E-state index in [1.807, 2.05) is 49.4 Å². The second-order valence-corrected chi connectivity index (χ2v) is 8.04. The zero-order valence-corrected chi connectivity index (χ0v) is 20.5. The Bertz CT molecular complexity index is 1480. The lowest BCUT2D eigenvalue weighted by Crippen LogP contribution is -2.27. The van der Waals surface area contributed by atoms with Crippen LogP contribution in [-0.4, -0.2) is 37.2 Å². The topological polar surface area (TPSA) is 109 Å². The highest BCUT2D eigenvalue weighted by molar-refractivity contribution is 6.04. The van der Waals surface area contributed by atoms with E-state index in [1.54, 1.807) is 51.9 Å². The molecule has 8 heteroatoms. The molecule has 0 aliphatic rings. The lowest BCUT2D eigenvalue weighted by Gasteiger charge is -2.16. The largest absolute Gasteiger partial charge is 0.496 e. The number of nitriles is 1. The molecule has 182 valence electrons. The third kappa shape index (κ3) is 4.86. The Morgan fingerprint density at radius 3 is 2.53 bits per heavy atom. The van der Waals surface area contributed by atoms with Crippen LogP contribution in [0.15, 0.2) is 66.5 Å². The molecule has 0 aliphatic heterocycles. The Morgan fingerprint density at radius 2 is 1.81 bits per heavy atom. The number of rotatable bonds is 8. The van der Waals surface area contributed by atoms with E-state index in [1.165, 1.54) is 0 Å². The number of aromatic nitrogens is 2. The van der Waals surface area contributed by atoms with Crippen LogP contribution < -0.4 is 19.5 Å². The van der Waals surface area contributed by atoms with Gasteiger partial charge >= 0.3 is 0 Å². The second-order valence-electron chi connectivity index (χ2n) is 8.04. The summed E-state index contributed by atoms with van der Waals surface area (Å²) in [5.74, 6) is 1.40. The fourth-order valence-electron chi connectivity index (χ4n) is 3.96. The maximum absolute atomic E-state index is 13.0. The number of amides is 1. The van der Waals surface area contributed by atoms with E-state index in [-0.39, 0.29) is 11.6 Å². The third-order valence-corrected chi connectivity index (χ3v) is 5.90. The summed E-state index contributed by atoms with van der Waals surface area (Å²) in [5.41, 5.74) is 3.88. The number of hydrogen-bond donors (Lipinski definition) is 2. The number of carbonyl (C=O) groups excluding carboxylic acids is 1. The van der Waals surface area contributed by atoms with Crippen LogP contribution in [0.1, 0.15) is 24.1 Å². The number of H-pyrrole nitrogens is 1. The first-order valence-corrected chi connectivity index (χ1v) is 11.2. The minimum atomic E-state index is -0.483. The molecule has 8 nitrogen and oxygen atoms in total. The average molecular weight is 483 g/mol. The van der Waals surface area contributed by atoms with Gasteiger partial charge in [-0.3, -0.25) is 4.79 Å². The van der Waals surface area contributed by atoms with Crippen molar-refractivity contribution in [2.24, 2.45) is 0 Å². The monoisotopic (exact) mass is 482 g/mol. The Kier molecular flexibility index (Phi) is 7.21. The number of ether oxygens (including phenoxy) is 3. The number of pyridine rings is 1. The molecule has 0 radical (unpaired) electrons. The smallest absolute Gasteiger partial charge is 0.262 e. The average Bonchev–Trinajstić information content (AvgIpc) is 3.32. The van der Waals surface area contributed by atoms with Crippen molar-refractivity contribution in [1.82, 2.24) is 15.3 Å². The van der Waals surface area contributed by atoms with Crippen molar-refractivity contribution in [3.8, 4) is 34.4 Å². The van der Waals surface area contributed by atoms with Gasteiger partial charge in [-0.2, -0.15) is 5.26 Å². The highest BCUT2D eigenvalue weighted by atomic mass is 16.5. The fraction of sp³-hybridized carbons (Fsp3) is 0.179. The number of nitrogens with one attached hydrogen (secondary N) is 2. The summed E-state index contributed by atoms with van der Waals surface area (Å²) in [6, 6.07) is 16.7. The minimum Gasteiger partial charge on any atom is -0.496 e. The molecule has 0 saturated heterocycles. The summed E-state index contributed by atoms with van der Waals surface area (Å²) in [7, 11) is 4.74. The molecular formula is C28H26N4O4. The number of methoxy groups -OCH3 is 3. The van der Waals surface area contributed by atoms with Gasteiger partial charge in [-0.15, -0.1) is 0 Å². The van der Waals surface area contributed by atoms with Gasteiger partial charge in [0.1, 0.15) is 23.0 Å². The molecule has 0 unspecified atom stereocenters. The number of aromatic amines is 1. The van der Waals surface area contributed by atoms with E-state index in [0.29, 0.717) is 22.7 Å². The number of fused-ring (bicyclic) bond motifs is 1. The molecule has 0 aliphatic carbocycles. The van der Waals surface area contributed by atoms with E-state index in [2.05, 4.69) is 15.3 Å². The van der Waals surface area contributed by atoms with Gasteiger partial charge in [0.25, 0.3) is 5.91 Å². The Labute approximate surface area is 209 Å². The van der Waals surface area contributed by atoms with Crippen molar-refractivity contribution in [2.75, 3.05) is 21.3 Å². The van der Waals surface area contributed by atoms with Gasteiger partial charge in [-0.1, -0.05) is 24.3 Å². The molecule has 1 amide bonds. The molecule has 0 bridgehead atoms. The predicted molar refractivity (Wildman–Crippen MR) is 138 cm³/mol. The molecule has 36 heavy (non-hydrogen) atoms. The molecule has 0 fully saturated rings. The highest BCUT2D eigenvalue weighted by Gasteiger charge is 2.17. The van der Waals surface area contributed by atoms with Gasteiger partial charge in [-0.05, 0) is 42.8 Å². The molecule has 4 aromatic rings. The van der Waals surface area contributed by atoms with Crippen LogP contribution in [0.4, 0.5) is 0 Å². The number of nitrogens with zero attached hydrogens (tertiary/aromatic N) is 2. The molecule has 2 aromatic heterocycles. The first-order valence-electron chi connectivity index (χ1n) is 11.2. The van der Waals surface area contributed by atoms with Crippen LogP contribution in [0.3, 0.4) is 0 Å². The van der Waals surface area contributed by atoms with Crippen LogP contribution in [-0.2, 0) is 4.79 Å². The molecule has 2 N–H and O–H groups in total. The fourth-order valence-corrected chi connectivity index (χ4v) is 3.96. The molecule has 0 saturated carbocycles. The van der Waals surface area contributed by atoms with Gasteiger partial charge in [0.15, 0.2) is 11.5 Å². The summed E-state index contributed by atoms with van der Waals surface area (Å²) < 4.78 is 16.1. The van der Waals surface area contributed by atoms with E-state index >= 15 is 0 Å². The third-order valence-electron chi connectivity index (χ3n) is 5.90. The van der Waals surface area contributed by atoms with Crippen molar-refractivity contribution in [2.45, 2.75) is 13.0 Å². The van der Waals surface area contributed by atoms with Crippen molar-refractivity contribution < 1.29 is 19.0 Å². The van der Waals surface area contributed by atoms with E-state index < -0.39 is 5.91 Å². The summed E-state index contributed by atoms with van der Waals surface area (Å²) in [5, 5.41) is 13.4. The van der Waals surface area contributed by atoms with Crippen molar-refractivity contribution in [3.63, 3.8) is 0 Å². The molecule has 4 rings (SSSR count). The van der Waals surface area contributed by atoms with E-state index in [4.69, 9.17) is 14.2 Å². The van der Waals surface area contributed by atoms with Crippen LogP contribution >= 0.6 is 0 Å². The highest BCUT2D eigenvalue weighted by Crippen LogP contribution is 2.32. The first kappa shape index (κ1) is 24.4. The van der Waals surface area contributed by atoms with Gasteiger partial charge in [0.05, 0.1) is 27.4 Å². The quantitative estimate of drug-likeness (QED) is 0.269. The zero-order valence-electron chi connectivity index (χ0n) is 20.5. The van der Waals surface area contributed by atoms with Crippen molar-refractivity contribution in [1.29, 1.82) is 5.26 Å². The summed E-state index contributed by atoms with van der Waals surface area (Å²) in [6.07, 6.45) is 5.04. The van der Waals surface area contributed by atoms with Crippen LogP contribution in [0.5, 0.6) is 17.2 Å². The zero-order chi connectivity index (χ0) is 25.7. The summed E-state index contributed by atoms with van der Waals surface area (Å²) >= 11 is 0. The predicted octanol–water partition coefficient (Wildman–Crippen LogP) is 5.04. The Balaban J connectivity index is 1.62. The standard InChI is InChI=1S/C28H26N4O4/c1-17(18-9-10-25(35-3)26(13-18)36-4)32-28(33)19(14-29)11-20-15-30-27-23(20)12-21(16-31-27)22-7-5-6-8-24(22)34-2/h5-13,15-17H,1-4H3,(H,30,31)(H,32,33)/b19-11+/t17-/m1/s1. The minimum absolute atomic E-state index is 0.0223. The summed E-state index contributed by atoms with van der Waals surface area (Å²) in [6.45, 7) is 1.84. The molecule has 2 heterocycles. The van der Waals surface area contributed by atoms with Crippen LogP contribution in [0.25, 0.3) is 28.2 Å². The van der Waals surface area contributed by atoms with Gasteiger partial charge in [0, 0.05) is 34.5 Å². The second kappa shape index (κ2) is 10.7.